The molecule has 4 heterocycles. The molecule has 424 valence electrons. The van der Waals surface area contributed by atoms with Gasteiger partial charge in [-0.15, -0.1) is 0 Å². The molecule has 5 aliphatic carbocycles. The summed E-state index contributed by atoms with van der Waals surface area (Å²) in [6.45, 7) is 16.1. The molecule has 4 aliphatic heterocycles. The van der Waals surface area contributed by atoms with E-state index in [1.165, 1.54) is 12.5 Å². The third-order valence-electron chi connectivity index (χ3n) is 21.3. The van der Waals surface area contributed by atoms with Gasteiger partial charge in [-0.1, -0.05) is 60.1 Å². The molecule has 0 aromatic heterocycles. The highest BCUT2D eigenvalue weighted by atomic mass is 16.8. The summed E-state index contributed by atoms with van der Waals surface area (Å²) in [6, 6.07) is 0. The van der Waals surface area contributed by atoms with Crippen molar-refractivity contribution in [3.05, 3.63) is 11.6 Å². The Labute approximate surface area is 433 Å². The van der Waals surface area contributed by atoms with E-state index in [0.717, 1.165) is 38.5 Å². The van der Waals surface area contributed by atoms with E-state index >= 15 is 4.79 Å². The van der Waals surface area contributed by atoms with Crippen LogP contribution in [0.5, 0.6) is 0 Å². The number of carbonyl (C=O) groups excluding carboxylic acids is 1. The summed E-state index contributed by atoms with van der Waals surface area (Å²) in [5, 5.41) is 128. The third kappa shape index (κ3) is 9.08. The first-order valence-corrected chi connectivity index (χ1v) is 27.2. The van der Waals surface area contributed by atoms with Gasteiger partial charge in [-0.25, -0.2) is 0 Å². The summed E-state index contributed by atoms with van der Waals surface area (Å²) in [5.41, 5.74) is -0.538. The molecule has 9 aliphatic rings. The van der Waals surface area contributed by atoms with Crippen LogP contribution in [0, 0.1) is 56.7 Å². The number of aliphatic hydroxyl groups excluding tert-OH is 12. The minimum absolute atomic E-state index is 0.0781. The first-order chi connectivity index (χ1) is 34.7. The second-order valence-corrected chi connectivity index (χ2v) is 25.3. The Hall–Kier alpha value is -1.55. The maximum atomic E-state index is 15.1. The molecule has 4 saturated heterocycles. The third-order valence-corrected chi connectivity index (χ3v) is 21.3. The van der Waals surface area contributed by atoms with Gasteiger partial charge in [0.15, 0.2) is 18.9 Å². The highest BCUT2D eigenvalue weighted by Gasteiger charge is 2.70. The van der Waals surface area contributed by atoms with Gasteiger partial charge >= 0.3 is 5.97 Å². The minimum atomic E-state index is -1.86. The molecule has 21 nitrogen and oxygen atoms in total. The van der Waals surface area contributed by atoms with Crippen molar-refractivity contribution in [2.45, 2.75) is 236 Å². The van der Waals surface area contributed by atoms with E-state index in [4.69, 9.17) is 37.9 Å². The molecule has 0 spiro atoms. The summed E-state index contributed by atoms with van der Waals surface area (Å²) < 4.78 is 47.1. The zero-order valence-corrected chi connectivity index (χ0v) is 44.0. The fourth-order valence-corrected chi connectivity index (χ4v) is 16.3. The number of hydrogen-bond acceptors (Lipinski definition) is 21. The van der Waals surface area contributed by atoms with Gasteiger partial charge in [0, 0.05) is 0 Å². The molecule has 0 aromatic rings. The minimum Gasteiger partial charge on any atom is -0.432 e. The second kappa shape index (κ2) is 20.8. The smallest absolute Gasteiger partial charge is 0.315 e. The summed E-state index contributed by atoms with van der Waals surface area (Å²) >= 11 is 0. The molecule has 0 aromatic carbocycles. The van der Waals surface area contributed by atoms with Crippen molar-refractivity contribution in [2.24, 2.45) is 56.7 Å². The van der Waals surface area contributed by atoms with Gasteiger partial charge in [-0.05, 0) is 116 Å². The van der Waals surface area contributed by atoms with Crippen molar-refractivity contribution < 1.29 is 104 Å². The maximum Gasteiger partial charge on any atom is 0.315 e. The van der Waals surface area contributed by atoms with Gasteiger partial charge < -0.3 is 99.2 Å². The molecule has 4 saturated carbocycles. The molecule has 21 heteroatoms. The Morgan fingerprint density at radius 2 is 1.28 bits per heavy atom. The first-order valence-electron chi connectivity index (χ1n) is 27.2. The molecule has 0 radical (unpaired) electrons. The lowest BCUT2D eigenvalue weighted by molar-refractivity contribution is -0.361. The molecular formula is C53H86O21. The lowest BCUT2D eigenvalue weighted by Gasteiger charge is -2.71. The van der Waals surface area contributed by atoms with Crippen LogP contribution in [0.1, 0.15) is 113 Å². The second-order valence-electron chi connectivity index (χ2n) is 25.3. The highest BCUT2D eigenvalue weighted by molar-refractivity contribution is 5.79. The standard InChI is InChI=1S/C53H86O21/c1-22-11-16-53(48(66)74-47-41(64)37(60)35(58)28(71-47)21-68-44-42(65)38(61)43(27(19-54)70-44)73-46-40(63)36(59)33(56)24(3)69-46)18-17-51(7)25(32(53)23(22)2)9-10-30-50(6)14-13-31(49(4,5)29(50)12-15-52(30,51)8)72-45-39(62)34(57)26(55)20-67-45/h9,22-24,26-47,54-65H,10-21H2,1-8H3/t22-,23+,24+,26+,27-,28-,29?,30?,31+,32+,33+,34+,35-,36-,37+,38-,39-,40-,41-,42-,43-,44-,45+,46+,47+,50+,51-,52-,53+/m1/s1. The molecule has 29 atom stereocenters. The molecule has 74 heavy (non-hydrogen) atoms. The van der Waals surface area contributed by atoms with Crippen molar-refractivity contribution in [1.29, 1.82) is 0 Å². The first kappa shape index (κ1) is 57.1. The maximum absolute atomic E-state index is 15.1. The molecular weight excluding hydrogens is 973 g/mol. The fraction of sp³-hybridized carbons (Fsp3) is 0.943. The van der Waals surface area contributed by atoms with Crippen molar-refractivity contribution in [1.82, 2.24) is 0 Å². The van der Waals surface area contributed by atoms with Gasteiger partial charge in [0.05, 0.1) is 37.4 Å². The summed E-state index contributed by atoms with van der Waals surface area (Å²) in [6.07, 6.45) is -20.3. The van der Waals surface area contributed by atoms with Gasteiger partial charge in [-0.3, -0.25) is 4.79 Å². The van der Waals surface area contributed by atoms with E-state index in [1.54, 1.807) is 0 Å². The van der Waals surface area contributed by atoms with Crippen molar-refractivity contribution in [3.63, 3.8) is 0 Å². The quantitative estimate of drug-likeness (QED) is 0.0745. The van der Waals surface area contributed by atoms with Gasteiger partial charge in [-0.2, -0.15) is 0 Å². The zero-order chi connectivity index (χ0) is 53.9. The fourth-order valence-electron chi connectivity index (χ4n) is 16.3. The van der Waals surface area contributed by atoms with E-state index in [2.05, 4.69) is 54.5 Å². The molecule has 9 rings (SSSR count). The van der Waals surface area contributed by atoms with Gasteiger partial charge in [0.25, 0.3) is 0 Å². The number of allylic oxidation sites excluding steroid dienone is 2. The number of hydrogen-bond donors (Lipinski definition) is 12. The molecule has 0 bridgehead atoms. The number of ether oxygens (including phenoxy) is 8. The van der Waals surface area contributed by atoms with E-state index in [1.807, 2.05) is 0 Å². The SMILES string of the molecule is C[C@H]1[C@H](C)CC[C@]2(C(=O)O[C@@H]3O[C@H](CO[C@@H]4O[C@H](CO)[C@@H](O[C@@H]5O[C@@H](C)[C@H](O)[C@@H](O)[C@H]5O)[C@H](O)[C@H]4O)[C@@H](O)[C@H](O)[C@H]3O)CC[C@]3(C)C(=CCC4[C@@]5(C)CC[C@H](O[C@@H]6OC[C@H](O)[C@H](O)[C@H]6O)C(C)(C)C5CC[C@]43C)[C@H]12. The Morgan fingerprint density at radius 3 is 1.99 bits per heavy atom. The summed E-state index contributed by atoms with van der Waals surface area (Å²) in [4.78, 5) is 15.1. The van der Waals surface area contributed by atoms with E-state index in [0.29, 0.717) is 25.2 Å². The Kier molecular flexibility index (Phi) is 16.1. The van der Waals surface area contributed by atoms with Crippen LogP contribution in [0.2, 0.25) is 0 Å². The largest absolute Gasteiger partial charge is 0.432 e. The number of esters is 1. The van der Waals surface area contributed by atoms with Crippen LogP contribution in [-0.2, 0) is 42.7 Å². The van der Waals surface area contributed by atoms with Crippen LogP contribution in [-0.4, -0.2) is 210 Å². The van der Waals surface area contributed by atoms with Crippen LogP contribution in [0.15, 0.2) is 11.6 Å². The lowest BCUT2D eigenvalue weighted by Crippen LogP contribution is -2.66. The van der Waals surface area contributed by atoms with Crippen molar-refractivity contribution in [3.8, 4) is 0 Å². The monoisotopic (exact) mass is 1060 g/mol. The molecule has 12 N–H and O–H groups in total. The predicted molar refractivity (Wildman–Crippen MR) is 255 cm³/mol. The van der Waals surface area contributed by atoms with Crippen LogP contribution < -0.4 is 0 Å². The van der Waals surface area contributed by atoms with Crippen LogP contribution in [0.4, 0.5) is 0 Å². The van der Waals surface area contributed by atoms with Crippen LogP contribution in [0.3, 0.4) is 0 Å². The van der Waals surface area contributed by atoms with Gasteiger partial charge in [0.1, 0.15) is 85.5 Å². The molecule has 2 unspecified atom stereocenters. The summed E-state index contributed by atoms with van der Waals surface area (Å²) in [5.74, 6) is 0.164. The predicted octanol–water partition coefficient (Wildman–Crippen LogP) is -0.513. The average molecular weight is 1060 g/mol. The Balaban J connectivity index is 0.893. The van der Waals surface area contributed by atoms with E-state index < -0.39 is 141 Å². The topological polar surface area (TPSA) is 334 Å². The van der Waals surface area contributed by atoms with Crippen LogP contribution in [0.25, 0.3) is 0 Å². The number of aliphatic hydroxyl groups is 12. The zero-order valence-electron chi connectivity index (χ0n) is 44.0. The number of carbonyl (C=O) groups is 1. The molecule has 8 fully saturated rings. The Bertz CT molecular complexity index is 2030. The average Bonchev–Trinajstić information content (AvgIpc) is 3.38. The van der Waals surface area contributed by atoms with E-state index in [-0.39, 0.29) is 58.0 Å². The van der Waals surface area contributed by atoms with Crippen molar-refractivity contribution >= 4 is 5.97 Å². The normalized spacial score (nSPS) is 55.4. The van der Waals surface area contributed by atoms with E-state index in [9.17, 15) is 61.3 Å². The lowest BCUT2D eigenvalue weighted by atomic mass is 9.33. The summed E-state index contributed by atoms with van der Waals surface area (Å²) in [7, 11) is 0. The number of fused-ring (bicyclic) bond motifs is 7. The van der Waals surface area contributed by atoms with Crippen molar-refractivity contribution in [2.75, 3.05) is 19.8 Å². The van der Waals surface area contributed by atoms with Crippen LogP contribution >= 0.6 is 0 Å². The molecule has 0 amide bonds. The van der Waals surface area contributed by atoms with Gasteiger partial charge in [0.2, 0.25) is 6.29 Å². The highest BCUT2D eigenvalue weighted by Crippen LogP contribution is 2.76. The number of rotatable bonds is 10. The Morgan fingerprint density at radius 1 is 0.635 bits per heavy atom.